The highest BCUT2D eigenvalue weighted by Gasteiger charge is 2.22. The lowest BCUT2D eigenvalue weighted by atomic mass is 9.98. The Morgan fingerprint density at radius 1 is 1.40 bits per heavy atom. The van der Waals surface area contributed by atoms with Crippen LogP contribution in [0.1, 0.15) is 18.4 Å². The molecule has 0 aliphatic carbocycles. The van der Waals surface area contributed by atoms with E-state index >= 15 is 0 Å². The highest BCUT2D eigenvalue weighted by atomic mass is 16.5. The lowest BCUT2D eigenvalue weighted by Crippen LogP contribution is -2.41. The monoisotopic (exact) mass is 274 g/mol. The maximum absolute atomic E-state index is 12.0. The number of ether oxygens (including phenoxy) is 1. The van der Waals surface area contributed by atoms with Crippen LogP contribution in [0.2, 0.25) is 0 Å². The van der Waals surface area contributed by atoms with E-state index in [-0.39, 0.29) is 19.1 Å². The summed E-state index contributed by atoms with van der Waals surface area (Å²) < 4.78 is 5.43. The summed E-state index contributed by atoms with van der Waals surface area (Å²) in [5, 5.41) is 18.0. The van der Waals surface area contributed by atoms with Crippen molar-refractivity contribution >= 4 is 5.91 Å². The average Bonchev–Trinajstić information content (AvgIpc) is 2.53. The standard InChI is InChI=1S/C15H18N2O3/c16-9-13-3-1-2-4-14(13)20-11-15(19)17-7-5-12(10-18)6-8-17/h1-4,12,18H,5-8,10-11H2. The van der Waals surface area contributed by atoms with Crippen LogP contribution in [0.4, 0.5) is 0 Å². The number of likely N-dealkylation sites (tertiary alicyclic amines) is 1. The molecule has 1 fully saturated rings. The van der Waals surface area contributed by atoms with Gasteiger partial charge in [0.25, 0.3) is 5.91 Å². The van der Waals surface area contributed by atoms with Crippen molar-refractivity contribution in [3.63, 3.8) is 0 Å². The summed E-state index contributed by atoms with van der Waals surface area (Å²) in [5.74, 6) is 0.669. The molecule has 1 saturated heterocycles. The van der Waals surface area contributed by atoms with Gasteiger partial charge in [0.2, 0.25) is 0 Å². The van der Waals surface area contributed by atoms with Gasteiger partial charge in [-0.3, -0.25) is 4.79 Å². The minimum absolute atomic E-state index is 0.0531. The van der Waals surface area contributed by atoms with Crippen molar-refractivity contribution in [2.24, 2.45) is 5.92 Å². The molecule has 20 heavy (non-hydrogen) atoms. The molecule has 1 aromatic carbocycles. The Balaban J connectivity index is 1.85. The lowest BCUT2D eigenvalue weighted by molar-refractivity contribution is -0.134. The zero-order chi connectivity index (χ0) is 14.4. The number of aliphatic hydroxyl groups is 1. The SMILES string of the molecule is N#Cc1ccccc1OCC(=O)N1CCC(CO)CC1. The molecule has 0 bridgehead atoms. The summed E-state index contributed by atoms with van der Waals surface area (Å²) in [7, 11) is 0. The first kappa shape index (κ1) is 14.4. The van der Waals surface area contributed by atoms with Gasteiger partial charge in [0.05, 0.1) is 5.56 Å². The van der Waals surface area contributed by atoms with E-state index in [0.29, 0.717) is 30.3 Å². The fourth-order valence-electron chi connectivity index (χ4n) is 2.28. The molecule has 0 saturated carbocycles. The molecule has 5 nitrogen and oxygen atoms in total. The molecule has 1 aliphatic rings. The summed E-state index contributed by atoms with van der Waals surface area (Å²) >= 11 is 0. The van der Waals surface area contributed by atoms with Crippen molar-refractivity contribution < 1.29 is 14.6 Å². The second-order valence-corrected chi connectivity index (χ2v) is 4.90. The number of nitrogens with zero attached hydrogens (tertiary/aromatic N) is 2. The molecule has 1 heterocycles. The summed E-state index contributed by atoms with van der Waals surface area (Å²) in [6, 6.07) is 8.91. The van der Waals surface area contributed by atoms with E-state index in [2.05, 4.69) is 0 Å². The van der Waals surface area contributed by atoms with Crippen LogP contribution in [0.5, 0.6) is 5.75 Å². The Kier molecular flexibility index (Phi) is 4.97. The summed E-state index contributed by atoms with van der Waals surface area (Å²) in [5.41, 5.74) is 0.430. The fourth-order valence-corrected chi connectivity index (χ4v) is 2.28. The summed E-state index contributed by atoms with van der Waals surface area (Å²) in [6.07, 6.45) is 1.66. The number of piperidine rings is 1. The van der Waals surface area contributed by atoms with Crippen LogP contribution in [-0.4, -0.2) is 42.2 Å². The van der Waals surface area contributed by atoms with E-state index in [4.69, 9.17) is 15.1 Å². The van der Waals surface area contributed by atoms with Crippen LogP contribution in [0.3, 0.4) is 0 Å². The van der Waals surface area contributed by atoms with Crippen molar-refractivity contribution in [1.29, 1.82) is 5.26 Å². The topological polar surface area (TPSA) is 73.6 Å². The van der Waals surface area contributed by atoms with Gasteiger partial charge in [0, 0.05) is 19.7 Å². The number of para-hydroxylation sites is 1. The van der Waals surface area contributed by atoms with Crippen LogP contribution in [0.25, 0.3) is 0 Å². The largest absolute Gasteiger partial charge is 0.482 e. The first-order valence-electron chi connectivity index (χ1n) is 6.75. The Morgan fingerprint density at radius 3 is 2.75 bits per heavy atom. The molecule has 1 amide bonds. The molecule has 1 N–H and O–H groups in total. The summed E-state index contributed by atoms with van der Waals surface area (Å²) in [6.45, 7) is 1.46. The number of amides is 1. The van der Waals surface area contributed by atoms with Crippen LogP contribution in [0, 0.1) is 17.2 Å². The van der Waals surface area contributed by atoms with Crippen molar-refractivity contribution in [2.75, 3.05) is 26.3 Å². The molecule has 0 unspecified atom stereocenters. The van der Waals surface area contributed by atoms with E-state index in [9.17, 15) is 4.79 Å². The summed E-state index contributed by atoms with van der Waals surface area (Å²) in [4.78, 5) is 13.8. The number of hydrogen-bond donors (Lipinski definition) is 1. The number of carbonyl (C=O) groups excluding carboxylic acids is 1. The van der Waals surface area contributed by atoms with Gasteiger partial charge in [-0.05, 0) is 30.9 Å². The average molecular weight is 274 g/mol. The van der Waals surface area contributed by atoms with Crippen molar-refractivity contribution in [3.8, 4) is 11.8 Å². The van der Waals surface area contributed by atoms with Gasteiger partial charge in [-0.15, -0.1) is 0 Å². The third kappa shape index (κ3) is 3.49. The van der Waals surface area contributed by atoms with E-state index in [0.717, 1.165) is 12.8 Å². The molecule has 5 heteroatoms. The molecule has 0 radical (unpaired) electrons. The predicted molar refractivity (Wildman–Crippen MR) is 73.0 cm³/mol. The van der Waals surface area contributed by atoms with Crippen LogP contribution < -0.4 is 4.74 Å². The minimum Gasteiger partial charge on any atom is -0.482 e. The molecule has 1 aliphatic heterocycles. The van der Waals surface area contributed by atoms with Gasteiger partial charge in [-0.1, -0.05) is 12.1 Å². The molecule has 2 rings (SSSR count). The second kappa shape index (κ2) is 6.92. The minimum atomic E-state index is -0.0749. The maximum atomic E-state index is 12.0. The molecule has 106 valence electrons. The first-order chi connectivity index (χ1) is 9.74. The third-order valence-corrected chi connectivity index (χ3v) is 3.58. The van der Waals surface area contributed by atoms with E-state index in [1.54, 1.807) is 29.2 Å². The molecule has 0 atom stereocenters. The molecular formula is C15H18N2O3. The highest BCUT2D eigenvalue weighted by Crippen LogP contribution is 2.18. The number of carbonyl (C=O) groups is 1. The smallest absolute Gasteiger partial charge is 0.260 e. The van der Waals surface area contributed by atoms with Gasteiger partial charge in [-0.25, -0.2) is 0 Å². The zero-order valence-electron chi connectivity index (χ0n) is 11.3. The Hall–Kier alpha value is -2.06. The lowest BCUT2D eigenvalue weighted by Gasteiger charge is -2.31. The normalized spacial score (nSPS) is 15.7. The molecule has 1 aromatic rings. The second-order valence-electron chi connectivity index (χ2n) is 4.90. The molecule has 0 aromatic heterocycles. The number of benzene rings is 1. The molecule has 0 spiro atoms. The van der Waals surface area contributed by atoms with Gasteiger partial charge in [0.1, 0.15) is 11.8 Å². The van der Waals surface area contributed by atoms with Gasteiger partial charge in [0.15, 0.2) is 6.61 Å². The highest BCUT2D eigenvalue weighted by molar-refractivity contribution is 5.78. The van der Waals surface area contributed by atoms with E-state index < -0.39 is 0 Å². The maximum Gasteiger partial charge on any atom is 0.260 e. The van der Waals surface area contributed by atoms with Crippen LogP contribution >= 0.6 is 0 Å². The number of hydrogen-bond acceptors (Lipinski definition) is 4. The van der Waals surface area contributed by atoms with Crippen molar-refractivity contribution in [1.82, 2.24) is 4.90 Å². The zero-order valence-corrected chi connectivity index (χ0v) is 11.3. The van der Waals surface area contributed by atoms with E-state index in [1.165, 1.54) is 0 Å². The van der Waals surface area contributed by atoms with Crippen molar-refractivity contribution in [2.45, 2.75) is 12.8 Å². The van der Waals surface area contributed by atoms with Crippen LogP contribution in [0.15, 0.2) is 24.3 Å². The first-order valence-corrected chi connectivity index (χ1v) is 6.75. The number of aliphatic hydroxyl groups excluding tert-OH is 1. The Labute approximate surface area is 118 Å². The third-order valence-electron chi connectivity index (χ3n) is 3.58. The van der Waals surface area contributed by atoms with Gasteiger partial charge in [-0.2, -0.15) is 5.26 Å². The predicted octanol–water partition coefficient (Wildman–Crippen LogP) is 1.17. The van der Waals surface area contributed by atoms with Crippen molar-refractivity contribution in [3.05, 3.63) is 29.8 Å². The quantitative estimate of drug-likeness (QED) is 0.894. The number of rotatable bonds is 4. The fraction of sp³-hybridized carbons (Fsp3) is 0.467. The number of nitriles is 1. The Bertz CT molecular complexity index is 502. The molecular weight excluding hydrogens is 256 g/mol. The van der Waals surface area contributed by atoms with E-state index in [1.807, 2.05) is 6.07 Å². The Morgan fingerprint density at radius 2 is 2.10 bits per heavy atom. The van der Waals surface area contributed by atoms with Gasteiger partial charge < -0.3 is 14.7 Å². The van der Waals surface area contributed by atoms with Gasteiger partial charge >= 0.3 is 0 Å². The van der Waals surface area contributed by atoms with Crippen LogP contribution in [-0.2, 0) is 4.79 Å².